The Labute approximate surface area is 114 Å². The first kappa shape index (κ1) is 14.0. The summed E-state index contributed by atoms with van der Waals surface area (Å²) in [5.41, 5.74) is 3.94. The average molecular weight is 264 g/mol. The van der Waals surface area contributed by atoms with E-state index in [-0.39, 0.29) is 5.54 Å². The van der Waals surface area contributed by atoms with Gasteiger partial charge in [-0.2, -0.15) is 0 Å². The number of likely N-dealkylation sites (N-methyl/N-ethyl adjacent to an activating group) is 1. The molecule has 0 saturated heterocycles. The third-order valence-electron chi connectivity index (χ3n) is 4.25. The highest BCUT2D eigenvalue weighted by Gasteiger charge is 2.38. The van der Waals surface area contributed by atoms with Crippen LogP contribution in [0.25, 0.3) is 0 Å². The van der Waals surface area contributed by atoms with Crippen LogP contribution in [0.15, 0.2) is 6.33 Å². The smallest absolute Gasteiger partial charge is 0.148 e. The van der Waals surface area contributed by atoms with Gasteiger partial charge in [0.25, 0.3) is 0 Å². The number of hydrogen-bond donors (Lipinski definition) is 3. The minimum absolute atomic E-state index is 0.270. The van der Waals surface area contributed by atoms with E-state index in [0.717, 1.165) is 24.3 Å². The van der Waals surface area contributed by atoms with Gasteiger partial charge in [0, 0.05) is 17.6 Å². The van der Waals surface area contributed by atoms with Crippen LogP contribution in [0.4, 0.5) is 11.6 Å². The number of nitrogens with two attached hydrogens (primary N) is 1. The fraction of sp³-hybridized carbons (Fsp3) is 0.692. The summed E-state index contributed by atoms with van der Waals surface area (Å²) in [5, 5.41) is 3.47. The van der Waals surface area contributed by atoms with Crippen LogP contribution in [0.2, 0.25) is 0 Å². The van der Waals surface area contributed by atoms with Crippen molar-refractivity contribution in [3.05, 3.63) is 11.9 Å². The monoisotopic (exact) mass is 264 g/mol. The van der Waals surface area contributed by atoms with Gasteiger partial charge in [-0.15, -0.1) is 0 Å². The van der Waals surface area contributed by atoms with Crippen LogP contribution >= 0.6 is 0 Å². The Balaban J connectivity index is 2.11. The maximum Gasteiger partial charge on any atom is 0.148 e. The maximum absolute atomic E-state index is 5.49. The summed E-state index contributed by atoms with van der Waals surface area (Å²) >= 11 is 0. The minimum atomic E-state index is 0.270. The fourth-order valence-corrected chi connectivity index (χ4v) is 2.64. The zero-order chi connectivity index (χ0) is 13.9. The van der Waals surface area contributed by atoms with Crippen molar-refractivity contribution in [1.29, 1.82) is 0 Å². The van der Waals surface area contributed by atoms with Gasteiger partial charge in [0.1, 0.15) is 18.0 Å². The SMILES string of the molecule is CCc1c(NN)ncnc1NCC1(N(C)C)CCC1. The summed E-state index contributed by atoms with van der Waals surface area (Å²) < 4.78 is 0. The summed E-state index contributed by atoms with van der Waals surface area (Å²) in [4.78, 5) is 10.8. The molecule has 0 amide bonds. The van der Waals surface area contributed by atoms with E-state index in [0.29, 0.717) is 5.82 Å². The molecule has 1 saturated carbocycles. The second kappa shape index (κ2) is 5.71. The first-order chi connectivity index (χ1) is 9.13. The molecule has 0 radical (unpaired) electrons. The molecule has 1 heterocycles. The molecule has 1 fully saturated rings. The Morgan fingerprint density at radius 3 is 2.47 bits per heavy atom. The Bertz CT molecular complexity index is 427. The summed E-state index contributed by atoms with van der Waals surface area (Å²) in [5.74, 6) is 7.08. The molecular formula is C13H24N6. The summed E-state index contributed by atoms with van der Waals surface area (Å²) in [7, 11) is 4.29. The molecule has 6 heteroatoms. The number of anilines is 2. The van der Waals surface area contributed by atoms with E-state index in [1.54, 1.807) is 6.33 Å². The van der Waals surface area contributed by atoms with Gasteiger partial charge in [0.15, 0.2) is 0 Å². The molecule has 0 aromatic carbocycles. The molecular weight excluding hydrogens is 240 g/mol. The number of nitrogens with one attached hydrogen (secondary N) is 2. The zero-order valence-corrected chi connectivity index (χ0v) is 12.0. The van der Waals surface area contributed by atoms with Gasteiger partial charge >= 0.3 is 0 Å². The van der Waals surface area contributed by atoms with E-state index in [2.05, 4.69) is 46.6 Å². The molecule has 0 bridgehead atoms. The molecule has 0 spiro atoms. The van der Waals surface area contributed by atoms with Crippen LogP contribution in [0.3, 0.4) is 0 Å². The van der Waals surface area contributed by atoms with E-state index < -0.39 is 0 Å². The number of aromatic nitrogens is 2. The van der Waals surface area contributed by atoms with E-state index in [1.165, 1.54) is 19.3 Å². The van der Waals surface area contributed by atoms with Crippen LogP contribution in [0.5, 0.6) is 0 Å². The second-order valence-corrected chi connectivity index (χ2v) is 5.37. The Morgan fingerprint density at radius 1 is 1.32 bits per heavy atom. The molecule has 0 unspecified atom stereocenters. The van der Waals surface area contributed by atoms with Crippen molar-refractivity contribution in [2.24, 2.45) is 5.84 Å². The second-order valence-electron chi connectivity index (χ2n) is 5.37. The number of nitrogens with zero attached hydrogens (tertiary/aromatic N) is 3. The van der Waals surface area contributed by atoms with Gasteiger partial charge < -0.3 is 15.6 Å². The van der Waals surface area contributed by atoms with Crippen LogP contribution in [-0.4, -0.2) is 41.0 Å². The molecule has 0 aliphatic heterocycles. The van der Waals surface area contributed by atoms with Crippen molar-refractivity contribution in [1.82, 2.24) is 14.9 Å². The van der Waals surface area contributed by atoms with Crippen molar-refractivity contribution in [2.75, 3.05) is 31.4 Å². The third kappa shape index (κ3) is 2.64. The lowest BCUT2D eigenvalue weighted by Gasteiger charge is -2.47. The number of nitrogen functional groups attached to an aromatic ring is 1. The average Bonchev–Trinajstić information content (AvgIpc) is 2.36. The van der Waals surface area contributed by atoms with E-state index in [9.17, 15) is 0 Å². The van der Waals surface area contributed by atoms with Crippen molar-refractivity contribution in [3.63, 3.8) is 0 Å². The quantitative estimate of drug-likeness (QED) is 0.529. The molecule has 1 aliphatic rings. The lowest BCUT2D eigenvalue weighted by molar-refractivity contribution is 0.0738. The highest BCUT2D eigenvalue weighted by molar-refractivity contribution is 5.57. The van der Waals surface area contributed by atoms with Crippen LogP contribution in [-0.2, 0) is 6.42 Å². The Hall–Kier alpha value is -1.40. The number of rotatable bonds is 6. The Kier molecular flexibility index (Phi) is 4.21. The molecule has 1 aromatic rings. The molecule has 0 atom stereocenters. The van der Waals surface area contributed by atoms with Crippen LogP contribution in [0.1, 0.15) is 31.7 Å². The first-order valence-electron chi connectivity index (χ1n) is 6.85. The molecule has 4 N–H and O–H groups in total. The predicted octanol–water partition coefficient (Wildman–Crippen LogP) is 1.22. The molecule has 106 valence electrons. The highest BCUT2D eigenvalue weighted by atomic mass is 15.3. The van der Waals surface area contributed by atoms with Crippen molar-refractivity contribution in [2.45, 2.75) is 38.1 Å². The number of hydrazine groups is 1. The first-order valence-corrected chi connectivity index (χ1v) is 6.85. The van der Waals surface area contributed by atoms with Crippen LogP contribution < -0.4 is 16.6 Å². The lowest BCUT2D eigenvalue weighted by atomic mass is 9.75. The standard InChI is InChI=1S/C13H24N6/c1-4-10-11(16-9-17-12(10)18-14)15-8-13(19(2)3)6-5-7-13/h9H,4-8,14H2,1-3H3,(H2,15,16,17,18). The van der Waals surface area contributed by atoms with E-state index >= 15 is 0 Å². The van der Waals surface area contributed by atoms with E-state index in [1.807, 2.05) is 0 Å². The highest BCUT2D eigenvalue weighted by Crippen LogP contribution is 2.36. The van der Waals surface area contributed by atoms with Crippen molar-refractivity contribution >= 4 is 11.6 Å². The molecule has 1 aromatic heterocycles. The fourth-order valence-electron chi connectivity index (χ4n) is 2.64. The third-order valence-corrected chi connectivity index (χ3v) is 4.25. The topological polar surface area (TPSA) is 79.1 Å². The Morgan fingerprint density at radius 2 is 2.00 bits per heavy atom. The molecule has 1 aliphatic carbocycles. The molecule has 6 nitrogen and oxygen atoms in total. The normalized spacial score (nSPS) is 17.1. The predicted molar refractivity (Wildman–Crippen MR) is 78.0 cm³/mol. The maximum atomic E-state index is 5.49. The van der Waals surface area contributed by atoms with Gasteiger partial charge in [0.05, 0.1) is 0 Å². The molecule has 2 rings (SSSR count). The zero-order valence-electron chi connectivity index (χ0n) is 12.0. The summed E-state index contributed by atoms with van der Waals surface area (Å²) in [6, 6.07) is 0. The van der Waals surface area contributed by atoms with Gasteiger partial charge in [-0.05, 0) is 39.8 Å². The van der Waals surface area contributed by atoms with Gasteiger partial charge in [-0.1, -0.05) is 6.92 Å². The van der Waals surface area contributed by atoms with Crippen LogP contribution in [0, 0.1) is 0 Å². The van der Waals surface area contributed by atoms with Gasteiger partial charge in [-0.25, -0.2) is 15.8 Å². The van der Waals surface area contributed by atoms with Crippen molar-refractivity contribution in [3.8, 4) is 0 Å². The van der Waals surface area contributed by atoms with Crippen molar-refractivity contribution < 1.29 is 0 Å². The van der Waals surface area contributed by atoms with E-state index in [4.69, 9.17) is 5.84 Å². The van der Waals surface area contributed by atoms with Gasteiger partial charge in [0.2, 0.25) is 0 Å². The number of hydrogen-bond acceptors (Lipinski definition) is 6. The lowest BCUT2D eigenvalue weighted by Crippen LogP contribution is -2.54. The summed E-state index contributed by atoms with van der Waals surface area (Å²) in [6.07, 6.45) is 6.17. The minimum Gasteiger partial charge on any atom is -0.368 e. The largest absolute Gasteiger partial charge is 0.368 e. The van der Waals surface area contributed by atoms with Gasteiger partial charge in [-0.3, -0.25) is 0 Å². The summed E-state index contributed by atoms with van der Waals surface area (Å²) in [6.45, 7) is 2.99. The molecule has 19 heavy (non-hydrogen) atoms.